The molecule has 0 aliphatic heterocycles. The quantitative estimate of drug-likeness (QED) is 0.764. The van der Waals surface area contributed by atoms with Crippen LogP contribution in [0.3, 0.4) is 0 Å². The van der Waals surface area contributed by atoms with Crippen LogP contribution < -0.4 is 11.1 Å². The van der Waals surface area contributed by atoms with Crippen LogP contribution in [0.15, 0.2) is 50.4 Å². The van der Waals surface area contributed by atoms with Crippen molar-refractivity contribution in [1.29, 1.82) is 0 Å². The lowest BCUT2D eigenvalue weighted by atomic mass is 10.2. The van der Waals surface area contributed by atoms with Crippen LogP contribution in [-0.2, 0) is 17.9 Å². The van der Waals surface area contributed by atoms with Crippen molar-refractivity contribution < 1.29 is 9.21 Å². The zero-order valence-electron chi connectivity index (χ0n) is 14.1. The summed E-state index contributed by atoms with van der Waals surface area (Å²) in [6, 6.07) is 10.3. The van der Waals surface area contributed by atoms with E-state index in [-0.39, 0.29) is 30.0 Å². The number of aromatic amines is 1. The van der Waals surface area contributed by atoms with Gasteiger partial charge in [0.1, 0.15) is 11.5 Å². The van der Waals surface area contributed by atoms with E-state index in [1.165, 1.54) is 9.58 Å². The normalized spacial score (nSPS) is 11.0. The highest BCUT2D eigenvalue weighted by Gasteiger charge is 2.13. The van der Waals surface area contributed by atoms with E-state index in [1.807, 2.05) is 19.1 Å². The van der Waals surface area contributed by atoms with Crippen molar-refractivity contribution >= 4 is 16.7 Å². The summed E-state index contributed by atoms with van der Waals surface area (Å²) in [5, 5.41) is 3.22. The molecule has 1 N–H and O–H groups in total. The molecule has 0 saturated carbocycles. The second kappa shape index (κ2) is 6.80. The molecule has 25 heavy (non-hydrogen) atoms. The maximum atomic E-state index is 12.4. The molecule has 0 radical (unpaired) electrons. The summed E-state index contributed by atoms with van der Waals surface area (Å²) in [6.45, 7) is 2.31. The van der Waals surface area contributed by atoms with Crippen LogP contribution in [0.1, 0.15) is 17.9 Å². The van der Waals surface area contributed by atoms with Gasteiger partial charge in [0.15, 0.2) is 0 Å². The minimum atomic E-state index is -0.345. The van der Waals surface area contributed by atoms with Gasteiger partial charge in [-0.15, -0.1) is 0 Å². The summed E-state index contributed by atoms with van der Waals surface area (Å²) in [7, 11) is 1.67. The van der Waals surface area contributed by atoms with E-state index in [4.69, 9.17) is 4.42 Å². The minimum Gasteiger partial charge on any atom is -0.464 e. The van der Waals surface area contributed by atoms with E-state index >= 15 is 0 Å². The lowest BCUT2D eigenvalue weighted by Crippen LogP contribution is -2.33. The first kappa shape index (κ1) is 16.8. The fourth-order valence-corrected chi connectivity index (χ4v) is 2.69. The third-order valence-electron chi connectivity index (χ3n) is 4.05. The third-order valence-corrected chi connectivity index (χ3v) is 4.05. The van der Waals surface area contributed by atoms with Gasteiger partial charge in [-0.05, 0) is 31.2 Å². The monoisotopic (exact) mass is 341 g/mol. The summed E-state index contributed by atoms with van der Waals surface area (Å²) in [6.07, 6.45) is 0.102. The Labute approximate surface area is 143 Å². The van der Waals surface area contributed by atoms with Crippen molar-refractivity contribution in [3.05, 3.63) is 68.6 Å². The van der Waals surface area contributed by atoms with Gasteiger partial charge >= 0.3 is 0 Å². The first-order chi connectivity index (χ1) is 12.0. The van der Waals surface area contributed by atoms with Crippen molar-refractivity contribution in [2.24, 2.45) is 0 Å². The summed E-state index contributed by atoms with van der Waals surface area (Å²) < 4.78 is 6.64. The second-order valence-corrected chi connectivity index (χ2v) is 5.96. The van der Waals surface area contributed by atoms with E-state index in [0.717, 1.165) is 5.76 Å². The standard InChI is InChI=1S/C18H19N3O4/c1-12-7-8-13(25-12)11-20(2)16(22)9-10-21-18(24)15-6-4-3-5-14(15)17(23)19-21/h3-8H,9-11H2,1-2H3,(H,19,23). The predicted octanol–water partition coefficient (Wildman–Crippen LogP) is 1.64. The molecule has 2 heterocycles. The Bertz CT molecular complexity index is 1030. The Morgan fingerprint density at radius 3 is 2.56 bits per heavy atom. The number of carbonyl (C=O) groups excluding carboxylic acids is 1. The molecule has 0 aliphatic rings. The molecule has 7 nitrogen and oxygen atoms in total. The number of rotatable bonds is 5. The van der Waals surface area contributed by atoms with Gasteiger partial charge in [0.2, 0.25) is 5.91 Å². The molecule has 0 unspecified atom stereocenters. The zero-order chi connectivity index (χ0) is 18.0. The maximum absolute atomic E-state index is 12.4. The van der Waals surface area contributed by atoms with Crippen LogP contribution in [0.5, 0.6) is 0 Å². The molecule has 0 aliphatic carbocycles. The Balaban J connectivity index is 1.72. The van der Waals surface area contributed by atoms with Crippen LogP contribution in [0.25, 0.3) is 10.8 Å². The molecule has 0 atom stereocenters. The predicted molar refractivity (Wildman–Crippen MR) is 93.4 cm³/mol. The molecular formula is C18H19N3O4. The zero-order valence-corrected chi connectivity index (χ0v) is 14.1. The summed E-state index contributed by atoms with van der Waals surface area (Å²) in [5.74, 6) is 1.34. The molecule has 7 heteroatoms. The second-order valence-electron chi connectivity index (χ2n) is 5.96. The largest absolute Gasteiger partial charge is 0.464 e. The third kappa shape index (κ3) is 3.55. The highest BCUT2D eigenvalue weighted by Crippen LogP contribution is 2.09. The number of nitrogens with zero attached hydrogens (tertiary/aromatic N) is 2. The molecule has 3 aromatic rings. The average Bonchev–Trinajstić information content (AvgIpc) is 3.01. The van der Waals surface area contributed by atoms with Gasteiger partial charge in [-0.25, -0.2) is 4.68 Å². The number of aryl methyl sites for hydroxylation is 2. The van der Waals surface area contributed by atoms with Crippen molar-refractivity contribution in [2.75, 3.05) is 7.05 Å². The van der Waals surface area contributed by atoms with Crippen LogP contribution in [0, 0.1) is 6.92 Å². The van der Waals surface area contributed by atoms with Crippen molar-refractivity contribution in [2.45, 2.75) is 26.4 Å². The summed E-state index contributed by atoms with van der Waals surface area (Å²) in [5.41, 5.74) is -0.658. The van der Waals surface area contributed by atoms with Gasteiger partial charge in [-0.1, -0.05) is 12.1 Å². The van der Waals surface area contributed by atoms with Crippen molar-refractivity contribution in [1.82, 2.24) is 14.7 Å². The molecule has 0 fully saturated rings. The highest BCUT2D eigenvalue weighted by molar-refractivity contribution is 5.80. The minimum absolute atomic E-state index is 0.102. The topological polar surface area (TPSA) is 88.3 Å². The average molecular weight is 341 g/mol. The van der Waals surface area contributed by atoms with Crippen molar-refractivity contribution in [3.8, 4) is 0 Å². The summed E-state index contributed by atoms with van der Waals surface area (Å²) in [4.78, 5) is 38.3. The van der Waals surface area contributed by atoms with Crippen LogP contribution >= 0.6 is 0 Å². The van der Waals surface area contributed by atoms with E-state index in [2.05, 4.69) is 5.10 Å². The highest BCUT2D eigenvalue weighted by atomic mass is 16.3. The Morgan fingerprint density at radius 2 is 1.88 bits per heavy atom. The maximum Gasteiger partial charge on any atom is 0.273 e. The number of nitrogens with one attached hydrogen (secondary N) is 1. The Morgan fingerprint density at radius 1 is 1.16 bits per heavy atom. The molecule has 0 bridgehead atoms. The molecule has 3 rings (SSSR count). The SMILES string of the molecule is Cc1ccc(CN(C)C(=O)CCn2[nH]c(=O)c3ccccc3c2=O)o1. The van der Waals surface area contributed by atoms with Crippen LogP contribution in [-0.4, -0.2) is 27.6 Å². The fourth-order valence-electron chi connectivity index (χ4n) is 2.69. The van der Waals surface area contributed by atoms with Crippen LogP contribution in [0.2, 0.25) is 0 Å². The molecule has 2 aromatic heterocycles. The first-order valence-electron chi connectivity index (χ1n) is 7.97. The number of hydrogen-bond acceptors (Lipinski definition) is 4. The van der Waals surface area contributed by atoms with E-state index in [0.29, 0.717) is 23.1 Å². The van der Waals surface area contributed by atoms with Gasteiger partial charge in [0.25, 0.3) is 11.1 Å². The Hall–Kier alpha value is -3.09. The van der Waals surface area contributed by atoms with E-state index < -0.39 is 0 Å². The lowest BCUT2D eigenvalue weighted by Gasteiger charge is -2.16. The van der Waals surface area contributed by atoms with Gasteiger partial charge in [-0.2, -0.15) is 0 Å². The van der Waals surface area contributed by atoms with E-state index in [1.54, 1.807) is 31.3 Å². The number of hydrogen-bond donors (Lipinski definition) is 1. The number of furan rings is 1. The number of carbonyl (C=O) groups is 1. The molecule has 1 amide bonds. The van der Waals surface area contributed by atoms with Gasteiger partial charge in [0.05, 0.1) is 23.9 Å². The summed E-state index contributed by atoms with van der Waals surface area (Å²) >= 11 is 0. The first-order valence-corrected chi connectivity index (χ1v) is 7.97. The smallest absolute Gasteiger partial charge is 0.273 e. The van der Waals surface area contributed by atoms with Gasteiger partial charge < -0.3 is 9.32 Å². The Kier molecular flexibility index (Phi) is 4.56. The van der Waals surface area contributed by atoms with Gasteiger partial charge in [0, 0.05) is 13.5 Å². The fraction of sp³-hybridized carbons (Fsp3) is 0.278. The van der Waals surface area contributed by atoms with Crippen LogP contribution in [0.4, 0.5) is 0 Å². The molecule has 0 spiro atoms. The number of amides is 1. The number of fused-ring (bicyclic) bond motifs is 1. The molecule has 1 aromatic carbocycles. The molecular weight excluding hydrogens is 322 g/mol. The van der Waals surface area contributed by atoms with E-state index in [9.17, 15) is 14.4 Å². The lowest BCUT2D eigenvalue weighted by molar-refractivity contribution is -0.130. The molecule has 0 saturated heterocycles. The van der Waals surface area contributed by atoms with Crippen molar-refractivity contribution in [3.63, 3.8) is 0 Å². The number of benzene rings is 1. The number of H-pyrrole nitrogens is 1. The molecule has 130 valence electrons. The van der Waals surface area contributed by atoms with Gasteiger partial charge in [-0.3, -0.25) is 19.5 Å². The number of aromatic nitrogens is 2.